The summed E-state index contributed by atoms with van der Waals surface area (Å²) in [5, 5.41) is 2.95. The van der Waals surface area contributed by atoms with Crippen molar-refractivity contribution in [2.45, 2.75) is 6.17 Å². The molecule has 0 saturated carbocycles. The molecule has 2 heterocycles. The van der Waals surface area contributed by atoms with Crippen LogP contribution in [0.5, 0.6) is 0 Å². The minimum atomic E-state index is -0.663. The first-order valence-corrected chi connectivity index (χ1v) is 7.69. The van der Waals surface area contributed by atoms with Crippen molar-refractivity contribution in [1.82, 2.24) is 4.98 Å². The van der Waals surface area contributed by atoms with Crippen LogP contribution >= 0.6 is 0 Å². The number of halogens is 2. The topological polar surface area (TPSA) is 45.2 Å². The largest absolute Gasteiger partial charge is 0.359 e. The van der Waals surface area contributed by atoms with Crippen LogP contribution < -0.4 is 10.2 Å². The van der Waals surface area contributed by atoms with E-state index in [1.807, 2.05) is 0 Å². The van der Waals surface area contributed by atoms with Crippen molar-refractivity contribution in [3.8, 4) is 0 Å². The number of carbonyl (C=O) groups is 1. The Hall–Kier alpha value is -3.28. The number of amides is 1. The Bertz CT molecular complexity index is 946. The van der Waals surface area contributed by atoms with Gasteiger partial charge in [-0.25, -0.2) is 8.78 Å². The van der Waals surface area contributed by atoms with E-state index < -0.39 is 17.8 Å². The van der Waals surface area contributed by atoms with Gasteiger partial charge in [-0.1, -0.05) is 18.2 Å². The van der Waals surface area contributed by atoms with Crippen LogP contribution in [0.2, 0.25) is 0 Å². The van der Waals surface area contributed by atoms with Gasteiger partial charge in [0.15, 0.2) is 0 Å². The molecule has 0 fully saturated rings. The van der Waals surface area contributed by atoms with Crippen LogP contribution in [0.1, 0.15) is 22.1 Å². The minimum absolute atomic E-state index is 0.0107. The van der Waals surface area contributed by atoms with E-state index in [9.17, 15) is 13.6 Å². The zero-order chi connectivity index (χ0) is 17.4. The zero-order valence-corrected chi connectivity index (χ0v) is 13.0. The molecule has 1 atom stereocenters. The molecule has 1 amide bonds. The van der Waals surface area contributed by atoms with Crippen LogP contribution in [0.3, 0.4) is 0 Å². The molecule has 3 aromatic rings. The van der Waals surface area contributed by atoms with E-state index in [1.54, 1.807) is 48.8 Å². The Morgan fingerprint density at radius 3 is 2.68 bits per heavy atom. The molecule has 0 aliphatic carbocycles. The number of hydrogen-bond donors (Lipinski definition) is 1. The van der Waals surface area contributed by atoms with Gasteiger partial charge in [0.1, 0.15) is 17.8 Å². The number of carbonyl (C=O) groups excluding carboxylic acids is 1. The monoisotopic (exact) mass is 337 g/mol. The number of rotatable bonds is 3. The standard InChI is InChI=1S/C19H13F2N3O/c20-12-7-8-16(21)17(10-12)23-18-14-5-1-2-6-15(14)19(25)24(18)13-4-3-9-22-11-13/h1-11,18,23H/t18-/m0/s1. The maximum atomic E-state index is 14.1. The van der Waals surface area contributed by atoms with E-state index in [0.717, 1.165) is 18.2 Å². The summed E-state index contributed by atoms with van der Waals surface area (Å²) in [5.74, 6) is -1.38. The van der Waals surface area contributed by atoms with Crippen LogP contribution in [0, 0.1) is 11.6 Å². The quantitative estimate of drug-likeness (QED) is 0.781. The lowest BCUT2D eigenvalue weighted by Gasteiger charge is -2.27. The second-order valence-corrected chi connectivity index (χ2v) is 5.64. The molecule has 6 heteroatoms. The molecule has 1 N–H and O–H groups in total. The Balaban J connectivity index is 1.81. The van der Waals surface area contributed by atoms with Crippen molar-refractivity contribution in [3.05, 3.63) is 89.8 Å². The number of anilines is 2. The van der Waals surface area contributed by atoms with Crippen molar-refractivity contribution >= 4 is 17.3 Å². The van der Waals surface area contributed by atoms with Crippen molar-refractivity contribution < 1.29 is 13.6 Å². The number of fused-ring (bicyclic) bond motifs is 1. The molecule has 0 unspecified atom stereocenters. The van der Waals surface area contributed by atoms with Crippen molar-refractivity contribution in [2.75, 3.05) is 10.2 Å². The first-order valence-electron chi connectivity index (χ1n) is 7.69. The lowest BCUT2D eigenvalue weighted by atomic mass is 10.1. The minimum Gasteiger partial charge on any atom is -0.359 e. The third-order valence-electron chi connectivity index (χ3n) is 4.11. The molecule has 0 saturated heterocycles. The first kappa shape index (κ1) is 15.3. The van der Waals surface area contributed by atoms with E-state index in [0.29, 0.717) is 16.8 Å². The van der Waals surface area contributed by atoms with E-state index in [-0.39, 0.29) is 11.6 Å². The summed E-state index contributed by atoms with van der Waals surface area (Å²) in [4.78, 5) is 18.4. The predicted octanol–water partition coefficient (Wildman–Crippen LogP) is 4.13. The molecule has 0 bridgehead atoms. The molecule has 1 aliphatic heterocycles. The fourth-order valence-electron chi connectivity index (χ4n) is 2.98. The van der Waals surface area contributed by atoms with Gasteiger partial charge in [0.05, 0.1) is 17.6 Å². The summed E-state index contributed by atoms with van der Waals surface area (Å²) in [6, 6.07) is 13.7. The van der Waals surface area contributed by atoms with E-state index in [2.05, 4.69) is 10.3 Å². The average Bonchev–Trinajstić information content (AvgIpc) is 2.91. The van der Waals surface area contributed by atoms with E-state index >= 15 is 0 Å². The highest BCUT2D eigenvalue weighted by Gasteiger charge is 2.38. The Morgan fingerprint density at radius 1 is 1.04 bits per heavy atom. The summed E-state index contributed by atoms with van der Waals surface area (Å²) in [6.07, 6.45) is 2.50. The van der Waals surface area contributed by atoms with E-state index in [1.165, 1.54) is 4.90 Å². The second kappa shape index (κ2) is 5.98. The van der Waals surface area contributed by atoms with Crippen LogP contribution in [0.15, 0.2) is 67.0 Å². The molecule has 0 spiro atoms. The predicted molar refractivity (Wildman–Crippen MR) is 90.2 cm³/mol. The highest BCUT2D eigenvalue weighted by atomic mass is 19.1. The molecule has 2 aromatic carbocycles. The molecule has 1 aliphatic rings. The van der Waals surface area contributed by atoms with Crippen LogP contribution in [-0.2, 0) is 0 Å². The Morgan fingerprint density at radius 2 is 1.88 bits per heavy atom. The highest BCUT2D eigenvalue weighted by molar-refractivity contribution is 6.11. The van der Waals surface area contributed by atoms with Gasteiger partial charge in [-0.2, -0.15) is 0 Å². The zero-order valence-electron chi connectivity index (χ0n) is 13.0. The molecule has 25 heavy (non-hydrogen) atoms. The number of nitrogens with one attached hydrogen (secondary N) is 1. The molecule has 4 rings (SSSR count). The number of pyridine rings is 1. The van der Waals surface area contributed by atoms with Crippen LogP contribution in [0.4, 0.5) is 20.2 Å². The van der Waals surface area contributed by atoms with Crippen LogP contribution in [-0.4, -0.2) is 10.9 Å². The lowest BCUT2D eigenvalue weighted by Crippen LogP contribution is -2.32. The maximum absolute atomic E-state index is 14.1. The summed E-state index contributed by atoms with van der Waals surface area (Å²) in [7, 11) is 0. The van der Waals surface area contributed by atoms with Gasteiger partial charge in [-0.3, -0.25) is 14.7 Å². The van der Waals surface area contributed by atoms with Crippen LogP contribution in [0.25, 0.3) is 0 Å². The van der Waals surface area contributed by atoms with Gasteiger partial charge in [0.2, 0.25) is 0 Å². The SMILES string of the molecule is O=C1c2ccccc2[C@@H](Nc2cc(F)ccc2F)N1c1cccnc1. The normalized spacial score (nSPS) is 16.0. The van der Waals surface area contributed by atoms with Crippen molar-refractivity contribution in [3.63, 3.8) is 0 Å². The third-order valence-corrected chi connectivity index (χ3v) is 4.11. The Kier molecular flexibility index (Phi) is 3.65. The van der Waals surface area contributed by atoms with Gasteiger partial charge >= 0.3 is 0 Å². The smallest absolute Gasteiger partial charge is 0.260 e. The van der Waals surface area contributed by atoms with Gasteiger partial charge in [0, 0.05) is 23.4 Å². The number of aromatic nitrogens is 1. The average molecular weight is 337 g/mol. The van der Waals surface area contributed by atoms with Crippen molar-refractivity contribution in [1.29, 1.82) is 0 Å². The summed E-state index contributed by atoms with van der Waals surface area (Å²) < 4.78 is 27.6. The molecular weight excluding hydrogens is 324 g/mol. The molecule has 124 valence electrons. The second-order valence-electron chi connectivity index (χ2n) is 5.64. The first-order chi connectivity index (χ1) is 12.1. The molecule has 1 aromatic heterocycles. The fraction of sp³-hybridized carbons (Fsp3) is 0.0526. The number of nitrogens with zero attached hydrogens (tertiary/aromatic N) is 2. The van der Waals surface area contributed by atoms with E-state index in [4.69, 9.17) is 0 Å². The summed E-state index contributed by atoms with van der Waals surface area (Å²) >= 11 is 0. The fourth-order valence-corrected chi connectivity index (χ4v) is 2.98. The highest BCUT2D eigenvalue weighted by Crippen LogP contribution is 2.38. The molecule has 4 nitrogen and oxygen atoms in total. The number of hydrogen-bond acceptors (Lipinski definition) is 3. The van der Waals surface area contributed by atoms with Gasteiger partial charge in [-0.05, 0) is 30.3 Å². The molecular formula is C19H13F2N3O. The summed E-state index contributed by atoms with van der Waals surface area (Å²) in [6.45, 7) is 0. The van der Waals surface area contributed by atoms with Gasteiger partial charge in [-0.15, -0.1) is 0 Å². The van der Waals surface area contributed by atoms with Crippen molar-refractivity contribution in [2.24, 2.45) is 0 Å². The number of benzene rings is 2. The maximum Gasteiger partial charge on any atom is 0.260 e. The van der Waals surface area contributed by atoms with Gasteiger partial charge in [0.25, 0.3) is 5.91 Å². The lowest BCUT2D eigenvalue weighted by molar-refractivity contribution is 0.0993. The van der Waals surface area contributed by atoms with Gasteiger partial charge < -0.3 is 5.32 Å². The Labute approximate surface area is 142 Å². The molecule has 0 radical (unpaired) electrons. The third kappa shape index (κ3) is 2.61. The summed E-state index contributed by atoms with van der Waals surface area (Å²) in [5.41, 5.74) is 1.77.